The number of rotatable bonds is 6. The van der Waals surface area contributed by atoms with Crippen LogP contribution in [0.2, 0.25) is 0 Å². The Bertz CT molecular complexity index is 788. The van der Waals surface area contributed by atoms with Crippen LogP contribution in [0.4, 0.5) is 11.4 Å². The molecule has 2 aromatic rings. The molecule has 0 heterocycles. The van der Waals surface area contributed by atoms with E-state index in [0.717, 1.165) is 4.47 Å². The molecular formula is C19H21BrN2O3. The van der Waals surface area contributed by atoms with Gasteiger partial charge in [0.15, 0.2) is 11.5 Å². The molecule has 0 aliphatic heterocycles. The highest BCUT2D eigenvalue weighted by atomic mass is 79.9. The maximum absolute atomic E-state index is 11.8. The molecular weight excluding hydrogens is 384 g/mol. The van der Waals surface area contributed by atoms with Gasteiger partial charge in [0.25, 0.3) is 0 Å². The van der Waals surface area contributed by atoms with E-state index < -0.39 is 0 Å². The van der Waals surface area contributed by atoms with Gasteiger partial charge in [-0.25, -0.2) is 0 Å². The van der Waals surface area contributed by atoms with E-state index in [-0.39, 0.29) is 17.6 Å². The summed E-state index contributed by atoms with van der Waals surface area (Å²) in [6, 6.07) is 10.7. The van der Waals surface area contributed by atoms with Crippen molar-refractivity contribution in [3.8, 4) is 11.5 Å². The Labute approximate surface area is 155 Å². The summed E-state index contributed by atoms with van der Waals surface area (Å²) < 4.78 is 6.19. The molecule has 0 unspecified atom stereocenters. The topological polar surface area (TPSA) is 70.9 Å². The summed E-state index contributed by atoms with van der Waals surface area (Å²) in [5.41, 5.74) is 1.88. The number of aliphatic imine (C=N–C) groups is 1. The third-order valence-electron chi connectivity index (χ3n) is 3.36. The number of carbonyl (C=O) groups is 1. The predicted molar refractivity (Wildman–Crippen MR) is 104 cm³/mol. The Hall–Kier alpha value is -2.34. The SMILES string of the molecule is CCOc1cc(Br)cc(C=Nc2cccc(NC(=O)C(C)C)c2)c1O. The highest BCUT2D eigenvalue weighted by molar-refractivity contribution is 9.10. The number of aromatic hydroxyl groups is 1. The van der Waals surface area contributed by atoms with E-state index in [2.05, 4.69) is 26.2 Å². The van der Waals surface area contributed by atoms with Crippen LogP contribution >= 0.6 is 15.9 Å². The molecule has 0 fully saturated rings. The van der Waals surface area contributed by atoms with E-state index in [1.54, 1.807) is 24.4 Å². The third kappa shape index (κ3) is 5.32. The van der Waals surface area contributed by atoms with Crippen LogP contribution in [0.15, 0.2) is 45.9 Å². The number of nitrogens with one attached hydrogen (secondary N) is 1. The summed E-state index contributed by atoms with van der Waals surface area (Å²) in [4.78, 5) is 16.2. The number of benzene rings is 2. The number of ether oxygens (including phenoxy) is 1. The van der Waals surface area contributed by atoms with Gasteiger partial charge in [-0.05, 0) is 37.3 Å². The lowest BCUT2D eigenvalue weighted by atomic mass is 10.2. The van der Waals surface area contributed by atoms with Crippen molar-refractivity contribution in [2.45, 2.75) is 20.8 Å². The van der Waals surface area contributed by atoms with Gasteiger partial charge in [-0.3, -0.25) is 9.79 Å². The summed E-state index contributed by atoms with van der Waals surface area (Å²) in [6.45, 7) is 5.98. The lowest BCUT2D eigenvalue weighted by Crippen LogP contribution is -2.17. The zero-order valence-corrected chi connectivity index (χ0v) is 16.0. The molecule has 1 amide bonds. The average molecular weight is 405 g/mol. The van der Waals surface area contributed by atoms with Crippen molar-refractivity contribution in [3.63, 3.8) is 0 Å². The highest BCUT2D eigenvalue weighted by Crippen LogP contribution is 2.33. The van der Waals surface area contributed by atoms with Crippen molar-refractivity contribution in [2.24, 2.45) is 10.9 Å². The Morgan fingerprint density at radius 1 is 1.36 bits per heavy atom. The fraction of sp³-hybridized carbons (Fsp3) is 0.263. The molecule has 132 valence electrons. The molecule has 0 aliphatic rings. The van der Waals surface area contributed by atoms with Crippen LogP contribution in [-0.2, 0) is 4.79 Å². The van der Waals surface area contributed by atoms with Gasteiger partial charge in [-0.1, -0.05) is 35.8 Å². The van der Waals surface area contributed by atoms with E-state index >= 15 is 0 Å². The van der Waals surface area contributed by atoms with Crippen LogP contribution in [0.5, 0.6) is 11.5 Å². The van der Waals surface area contributed by atoms with Crippen molar-refractivity contribution in [1.29, 1.82) is 0 Å². The standard InChI is InChI=1S/C19H21BrN2O3/c1-4-25-17-9-14(20)8-13(18(17)23)11-21-15-6-5-7-16(10-15)22-19(24)12(2)3/h5-12,23H,4H2,1-3H3,(H,22,24). The molecule has 6 heteroatoms. The van der Waals surface area contributed by atoms with E-state index in [1.165, 1.54) is 0 Å². The first-order valence-electron chi connectivity index (χ1n) is 8.01. The van der Waals surface area contributed by atoms with Crippen LogP contribution in [0.25, 0.3) is 0 Å². The largest absolute Gasteiger partial charge is 0.504 e. The number of amides is 1. The van der Waals surface area contributed by atoms with Gasteiger partial charge >= 0.3 is 0 Å². The molecule has 0 bridgehead atoms. The van der Waals surface area contributed by atoms with Gasteiger partial charge in [0.05, 0.1) is 12.3 Å². The third-order valence-corrected chi connectivity index (χ3v) is 3.82. The van der Waals surface area contributed by atoms with E-state index in [9.17, 15) is 9.90 Å². The van der Waals surface area contributed by atoms with Gasteiger partial charge < -0.3 is 15.2 Å². The molecule has 0 radical (unpaired) electrons. The normalized spacial score (nSPS) is 11.1. The van der Waals surface area contributed by atoms with Crippen LogP contribution in [0, 0.1) is 5.92 Å². The van der Waals surface area contributed by atoms with Crippen LogP contribution < -0.4 is 10.1 Å². The van der Waals surface area contributed by atoms with E-state index in [4.69, 9.17) is 4.74 Å². The molecule has 0 spiro atoms. The lowest BCUT2D eigenvalue weighted by molar-refractivity contribution is -0.118. The number of carbonyl (C=O) groups excluding carboxylic acids is 1. The summed E-state index contributed by atoms with van der Waals surface area (Å²) in [6.07, 6.45) is 1.56. The minimum atomic E-state index is -0.0947. The van der Waals surface area contributed by atoms with Crippen molar-refractivity contribution < 1.29 is 14.6 Å². The number of hydrogen-bond acceptors (Lipinski definition) is 4. The molecule has 5 nitrogen and oxygen atoms in total. The predicted octanol–water partition coefficient (Wildman–Crippen LogP) is 4.90. The van der Waals surface area contributed by atoms with E-state index in [0.29, 0.717) is 29.3 Å². The number of halogens is 1. The summed E-state index contributed by atoms with van der Waals surface area (Å²) in [5, 5.41) is 13.1. The first-order valence-corrected chi connectivity index (χ1v) is 8.80. The van der Waals surface area contributed by atoms with Gasteiger partial charge in [-0.2, -0.15) is 0 Å². The Kier molecular flexibility index (Phi) is 6.58. The second-order valence-corrected chi connectivity index (χ2v) is 6.64. The molecule has 0 aliphatic carbocycles. The first-order chi connectivity index (χ1) is 11.9. The quantitative estimate of drug-likeness (QED) is 0.672. The smallest absolute Gasteiger partial charge is 0.226 e. The Morgan fingerprint density at radius 2 is 2.12 bits per heavy atom. The molecule has 25 heavy (non-hydrogen) atoms. The van der Waals surface area contributed by atoms with Gasteiger partial charge in [0, 0.05) is 27.9 Å². The fourth-order valence-corrected chi connectivity index (χ4v) is 2.51. The van der Waals surface area contributed by atoms with Crippen molar-refractivity contribution in [1.82, 2.24) is 0 Å². The molecule has 0 aromatic heterocycles. The minimum Gasteiger partial charge on any atom is -0.504 e. The number of phenolic OH excluding ortho intramolecular Hbond substituents is 1. The van der Waals surface area contributed by atoms with Crippen molar-refractivity contribution in [2.75, 3.05) is 11.9 Å². The number of anilines is 1. The summed E-state index contributed by atoms with van der Waals surface area (Å²) in [7, 11) is 0. The summed E-state index contributed by atoms with van der Waals surface area (Å²) >= 11 is 3.40. The maximum Gasteiger partial charge on any atom is 0.226 e. The van der Waals surface area contributed by atoms with Crippen LogP contribution in [0.3, 0.4) is 0 Å². The monoisotopic (exact) mass is 404 g/mol. The average Bonchev–Trinajstić information content (AvgIpc) is 2.57. The molecule has 0 atom stereocenters. The number of nitrogens with zero attached hydrogens (tertiary/aromatic N) is 1. The maximum atomic E-state index is 11.8. The zero-order chi connectivity index (χ0) is 18.4. The second kappa shape index (κ2) is 8.67. The molecule has 0 saturated heterocycles. The van der Waals surface area contributed by atoms with Crippen molar-refractivity contribution >= 4 is 39.4 Å². The number of hydrogen-bond donors (Lipinski definition) is 2. The fourth-order valence-electron chi connectivity index (χ4n) is 2.05. The molecule has 0 saturated carbocycles. The molecule has 2 N–H and O–H groups in total. The van der Waals surface area contributed by atoms with Gasteiger partial charge in [-0.15, -0.1) is 0 Å². The molecule has 2 aromatic carbocycles. The second-order valence-electron chi connectivity index (χ2n) is 5.73. The minimum absolute atomic E-state index is 0.0399. The highest BCUT2D eigenvalue weighted by Gasteiger charge is 2.09. The van der Waals surface area contributed by atoms with Crippen LogP contribution in [-0.4, -0.2) is 23.8 Å². The van der Waals surface area contributed by atoms with Gasteiger partial charge in [0.2, 0.25) is 5.91 Å². The summed E-state index contributed by atoms with van der Waals surface area (Å²) in [5.74, 6) is 0.296. The van der Waals surface area contributed by atoms with Crippen LogP contribution in [0.1, 0.15) is 26.3 Å². The Balaban J connectivity index is 2.24. The van der Waals surface area contributed by atoms with E-state index in [1.807, 2.05) is 39.0 Å². The Morgan fingerprint density at radius 3 is 2.80 bits per heavy atom. The van der Waals surface area contributed by atoms with Crippen molar-refractivity contribution in [3.05, 3.63) is 46.4 Å². The van der Waals surface area contributed by atoms with Gasteiger partial charge in [0.1, 0.15) is 0 Å². The molecule has 2 rings (SSSR count). The number of phenols is 1. The zero-order valence-electron chi connectivity index (χ0n) is 14.4. The lowest BCUT2D eigenvalue weighted by Gasteiger charge is -2.09. The first kappa shape index (κ1) is 19.0.